The fourth-order valence-corrected chi connectivity index (χ4v) is 2.13. The largest absolute Gasteiger partial charge is 0.487 e. The van der Waals surface area contributed by atoms with Crippen molar-refractivity contribution >= 4 is 28.9 Å². The molecule has 0 aliphatic rings. The Morgan fingerprint density at radius 2 is 2.24 bits per heavy atom. The molecule has 2 rings (SSSR count). The lowest BCUT2D eigenvalue weighted by Crippen LogP contribution is -2.02. The van der Waals surface area contributed by atoms with Crippen LogP contribution in [0.5, 0.6) is 5.75 Å². The maximum absolute atomic E-state index is 11.0. The summed E-state index contributed by atoms with van der Waals surface area (Å²) in [5.74, 6) is -0.719. The lowest BCUT2D eigenvalue weighted by molar-refractivity contribution is 0.0692. The van der Waals surface area contributed by atoms with Crippen molar-refractivity contribution in [2.75, 3.05) is 0 Å². The van der Waals surface area contributed by atoms with Gasteiger partial charge < -0.3 is 9.84 Å². The van der Waals surface area contributed by atoms with Crippen LogP contribution < -0.4 is 4.74 Å². The fourth-order valence-electron chi connectivity index (χ4n) is 1.34. The molecular formula is C12H9ClO3S. The van der Waals surface area contributed by atoms with Gasteiger partial charge in [-0.1, -0.05) is 17.7 Å². The number of halogens is 1. The molecule has 1 heterocycles. The first-order valence-electron chi connectivity index (χ1n) is 4.85. The third-order valence-electron chi connectivity index (χ3n) is 2.12. The van der Waals surface area contributed by atoms with Gasteiger partial charge in [-0.15, -0.1) is 11.3 Å². The Labute approximate surface area is 107 Å². The van der Waals surface area contributed by atoms with Crippen molar-refractivity contribution in [3.05, 3.63) is 51.2 Å². The van der Waals surface area contributed by atoms with Gasteiger partial charge in [0.15, 0.2) is 0 Å². The maximum atomic E-state index is 11.0. The quantitative estimate of drug-likeness (QED) is 0.920. The van der Waals surface area contributed by atoms with Crippen LogP contribution in [-0.2, 0) is 6.61 Å². The molecule has 17 heavy (non-hydrogen) atoms. The highest BCUT2D eigenvalue weighted by Gasteiger charge is 2.12. The summed E-state index contributed by atoms with van der Waals surface area (Å²) in [6, 6.07) is 8.41. The van der Waals surface area contributed by atoms with Gasteiger partial charge in [-0.2, -0.15) is 0 Å². The molecular weight excluding hydrogens is 260 g/mol. The van der Waals surface area contributed by atoms with Crippen LogP contribution in [-0.4, -0.2) is 11.1 Å². The second-order valence-electron chi connectivity index (χ2n) is 3.31. The number of carbonyl (C=O) groups is 1. The van der Waals surface area contributed by atoms with Crippen LogP contribution in [0.1, 0.15) is 15.2 Å². The van der Waals surface area contributed by atoms with E-state index >= 15 is 0 Å². The van der Waals surface area contributed by atoms with Gasteiger partial charge in [0.05, 0.1) is 0 Å². The smallest absolute Gasteiger partial charge is 0.339 e. The highest BCUT2D eigenvalue weighted by Crippen LogP contribution is 2.24. The van der Waals surface area contributed by atoms with E-state index in [-0.39, 0.29) is 5.56 Å². The molecule has 2 aromatic rings. The summed E-state index contributed by atoms with van der Waals surface area (Å²) in [4.78, 5) is 12.0. The normalized spacial score (nSPS) is 10.2. The van der Waals surface area contributed by atoms with Gasteiger partial charge in [0.1, 0.15) is 17.9 Å². The SMILES string of the molecule is O=C(O)c1cc(Cl)ccc1OCc1cccs1. The molecule has 0 aliphatic heterocycles. The van der Waals surface area contributed by atoms with Crippen molar-refractivity contribution in [3.8, 4) is 5.75 Å². The average Bonchev–Trinajstić information content (AvgIpc) is 2.80. The standard InChI is InChI=1S/C12H9ClO3S/c13-8-3-4-11(10(6-8)12(14)15)16-7-9-2-1-5-17-9/h1-6H,7H2,(H,14,15). The second kappa shape index (κ2) is 5.21. The zero-order valence-corrected chi connectivity index (χ0v) is 10.3. The van der Waals surface area contributed by atoms with Crippen LogP contribution in [0, 0.1) is 0 Å². The van der Waals surface area contributed by atoms with Gasteiger partial charge in [0, 0.05) is 9.90 Å². The monoisotopic (exact) mass is 268 g/mol. The zero-order chi connectivity index (χ0) is 12.3. The van der Waals surface area contributed by atoms with Crippen LogP contribution in [0.3, 0.4) is 0 Å². The predicted octanol–water partition coefficient (Wildman–Crippen LogP) is 3.68. The summed E-state index contributed by atoms with van der Waals surface area (Å²) in [5, 5.41) is 11.3. The molecule has 1 aromatic heterocycles. The predicted molar refractivity (Wildman–Crippen MR) is 67.1 cm³/mol. The molecule has 0 fully saturated rings. The van der Waals surface area contributed by atoms with E-state index < -0.39 is 5.97 Å². The van der Waals surface area contributed by atoms with Gasteiger partial charge in [-0.05, 0) is 29.6 Å². The van der Waals surface area contributed by atoms with E-state index in [1.54, 1.807) is 23.5 Å². The second-order valence-corrected chi connectivity index (χ2v) is 4.78. The minimum atomic E-state index is -1.05. The Morgan fingerprint density at radius 3 is 2.88 bits per heavy atom. The van der Waals surface area contributed by atoms with Gasteiger partial charge in [0.2, 0.25) is 0 Å². The van der Waals surface area contributed by atoms with Crippen molar-refractivity contribution in [1.82, 2.24) is 0 Å². The van der Waals surface area contributed by atoms with Gasteiger partial charge in [-0.25, -0.2) is 4.79 Å². The van der Waals surface area contributed by atoms with Crippen molar-refractivity contribution < 1.29 is 14.6 Å². The summed E-state index contributed by atoms with van der Waals surface area (Å²) in [5.41, 5.74) is 0.0778. The van der Waals surface area contributed by atoms with Crippen molar-refractivity contribution in [2.24, 2.45) is 0 Å². The van der Waals surface area contributed by atoms with E-state index in [2.05, 4.69) is 0 Å². The Kier molecular flexibility index (Phi) is 3.66. The van der Waals surface area contributed by atoms with E-state index in [4.69, 9.17) is 21.4 Å². The number of benzene rings is 1. The number of ether oxygens (including phenoxy) is 1. The number of hydrogen-bond donors (Lipinski definition) is 1. The molecule has 1 aromatic carbocycles. The summed E-state index contributed by atoms with van der Waals surface area (Å²) in [7, 11) is 0. The third-order valence-corrected chi connectivity index (χ3v) is 3.21. The number of carboxylic acids is 1. The molecule has 0 amide bonds. The molecule has 0 spiro atoms. The molecule has 88 valence electrons. The lowest BCUT2D eigenvalue weighted by Gasteiger charge is -2.08. The van der Waals surface area contributed by atoms with Crippen LogP contribution in [0.25, 0.3) is 0 Å². The fraction of sp³-hybridized carbons (Fsp3) is 0.0833. The van der Waals surface area contributed by atoms with Gasteiger partial charge in [0.25, 0.3) is 0 Å². The minimum absolute atomic E-state index is 0.0778. The molecule has 0 unspecified atom stereocenters. The molecule has 0 saturated carbocycles. The Hall–Kier alpha value is -1.52. The first kappa shape index (κ1) is 12.0. The third kappa shape index (κ3) is 2.99. The van der Waals surface area contributed by atoms with E-state index in [0.717, 1.165) is 4.88 Å². The van der Waals surface area contributed by atoms with E-state index in [0.29, 0.717) is 17.4 Å². The Balaban J connectivity index is 2.17. The molecule has 0 bridgehead atoms. The van der Waals surface area contributed by atoms with Crippen molar-refractivity contribution in [3.63, 3.8) is 0 Å². The molecule has 0 saturated heterocycles. The van der Waals surface area contributed by atoms with E-state index in [9.17, 15) is 4.79 Å². The Bertz CT molecular complexity index is 523. The molecule has 1 N–H and O–H groups in total. The lowest BCUT2D eigenvalue weighted by atomic mass is 10.2. The van der Waals surface area contributed by atoms with Crippen LogP contribution in [0.15, 0.2) is 35.7 Å². The molecule has 5 heteroatoms. The molecule has 0 atom stereocenters. The highest BCUT2D eigenvalue weighted by atomic mass is 35.5. The van der Waals surface area contributed by atoms with Gasteiger partial charge in [-0.3, -0.25) is 0 Å². The molecule has 0 radical (unpaired) electrons. The first-order valence-corrected chi connectivity index (χ1v) is 6.10. The van der Waals surface area contributed by atoms with Crippen LogP contribution >= 0.6 is 22.9 Å². The van der Waals surface area contributed by atoms with Crippen LogP contribution in [0.4, 0.5) is 0 Å². The highest BCUT2D eigenvalue weighted by molar-refractivity contribution is 7.09. The van der Waals surface area contributed by atoms with Crippen LogP contribution in [0.2, 0.25) is 5.02 Å². The van der Waals surface area contributed by atoms with Crippen molar-refractivity contribution in [2.45, 2.75) is 6.61 Å². The summed E-state index contributed by atoms with van der Waals surface area (Å²) >= 11 is 7.30. The summed E-state index contributed by atoms with van der Waals surface area (Å²) in [6.07, 6.45) is 0. The number of carboxylic acid groups (broad SMARTS) is 1. The molecule has 0 aliphatic carbocycles. The maximum Gasteiger partial charge on any atom is 0.339 e. The number of aromatic carboxylic acids is 1. The van der Waals surface area contributed by atoms with Gasteiger partial charge >= 0.3 is 5.97 Å². The summed E-state index contributed by atoms with van der Waals surface area (Å²) < 4.78 is 5.47. The number of rotatable bonds is 4. The molecule has 3 nitrogen and oxygen atoms in total. The average molecular weight is 269 g/mol. The number of hydrogen-bond acceptors (Lipinski definition) is 3. The Morgan fingerprint density at radius 1 is 1.41 bits per heavy atom. The summed E-state index contributed by atoms with van der Waals surface area (Å²) in [6.45, 7) is 0.361. The first-order chi connectivity index (χ1) is 8.16. The minimum Gasteiger partial charge on any atom is -0.487 e. The van der Waals surface area contributed by atoms with E-state index in [1.165, 1.54) is 6.07 Å². The number of thiophene rings is 1. The zero-order valence-electron chi connectivity index (χ0n) is 8.72. The topological polar surface area (TPSA) is 46.5 Å². The van der Waals surface area contributed by atoms with Crippen molar-refractivity contribution in [1.29, 1.82) is 0 Å². The van der Waals surface area contributed by atoms with E-state index in [1.807, 2.05) is 17.5 Å².